The lowest BCUT2D eigenvalue weighted by Crippen LogP contribution is -2.28. The van der Waals surface area contributed by atoms with Gasteiger partial charge in [0.1, 0.15) is 5.75 Å². The molecule has 0 amide bonds. The van der Waals surface area contributed by atoms with E-state index in [-0.39, 0.29) is 5.78 Å². The van der Waals surface area contributed by atoms with Gasteiger partial charge in [-0.2, -0.15) is 0 Å². The number of aromatic nitrogens is 1. The molecule has 1 aromatic carbocycles. The van der Waals surface area contributed by atoms with Crippen LogP contribution >= 0.6 is 0 Å². The molecule has 0 radical (unpaired) electrons. The van der Waals surface area contributed by atoms with Gasteiger partial charge >= 0.3 is 0 Å². The Morgan fingerprint density at radius 2 is 1.53 bits per heavy atom. The van der Waals surface area contributed by atoms with Crippen molar-refractivity contribution >= 4 is 11.3 Å². The lowest BCUT2D eigenvalue weighted by molar-refractivity contribution is 0.103. The summed E-state index contributed by atoms with van der Waals surface area (Å²) < 4.78 is 8.02. The molecule has 0 aliphatic rings. The number of pyridine rings is 1. The number of ether oxygens (including phenoxy) is 1. The molecule has 3 aromatic rings. The van der Waals surface area contributed by atoms with Crippen LogP contribution in [0.4, 0.5) is 0 Å². The van der Waals surface area contributed by atoms with Gasteiger partial charge in [-0.15, -0.1) is 0 Å². The summed E-state index contributed by atoms with van der Waals surface area (Å²) >= 11 is 0. The Bertz CT molecular complexity index is 998. The van der Waals surface area contributed by atoms with E-state index >= 15 is 0 Å². The number of carbonyl (C=O) groups excluding carboxylic acids is 1. The summed E-state index contributed by atoms with van der Waals surface area (Å²) in [7, 11) is 0. The third-order valence-corrected chi connectivity index (χ3v) is 6.43. The van der Waals surface area contributed by atoms with Crippen LogP contribution in [-0.2, 0) is 6.42 Å². The highest BCUT2D eigenvalue weighted by molar-refractivity contribution is 6.09. The number of aryl methyl sites for hydroxylation is 1. The fourth-order valence-electron chi connectivity index (χ4n) is 4.41. The van der Waals surface area contributed by atoms with E-state index in [1.54, 1.807) is 0 Å². The molecular formula is C30H42N2O2. The Hall–Kier alpha value is -2.59. The number of fused-ring (bicyclic) bond motifs is 1. The number of unbranched alkanes of at least 4 members (excludes halogenated alkanes) is 3. The highest BCUT2D eigenvalue weighted by Gasteiger charge is 2.19. The Morgan fingerprint density at radius 3 is 2.21 bits per heavy atom. The summed E-state index contributed by atoms with van der Waals surface area (Å²) in [5.74, 6) is 0.905. The SMILES string of the molecule is CCCCc1cc2ccccn2c1C(=O)c1ccc(OCCCN(CCCC)CCCC)cc1. The Morgan fingerprint density at radius 1 is 0.853 bits per heavy atom. The standard InChI is InChI=1S/C30H42N2O2/c1-4-7-13-26-24-27-14-10-11-22-32(27)29(26)30(33)25-15-17-28(18-16-25)34-23-12-21-31(19-8-5-2)20-9-6-3/h10-11,14-18,22,24H,4-9,12-13,19-21,23H2,1-3H3. The first-order valence-corrected chi connectivity index (χ1v) is 13.3. The summed E-state index contributed by atoms with van der Waals surface area (Å²) in [6.07, 6.45) is 11.1. The van der Waals surface area contributed by atoms with Crippen molar-refractivity contribution in [2.24, 2.45) is 0 Å². The van der Waals surface area contributed by atoms with Crippen LogP contribution in [0.1, 0.15) is 87.3 Å². The van der Waals surface area contributed by atoms with Gasteiger partial charge in [-0.3, -0.25) is 4.79 Å². The molecule has 0 bridgehead atoms. The minimum Gasteiger partial charge on any atom is -0.494 e. The van der Waals surface area contributed by atoms with Gasteiger partial charge in [0.05, 0.1) is 12.3 Å². The van der Waals surface area contributed by atoms with Crippen LogP contribution in [0.15, 0.2) is 54.7 Å². The molecule has 184 valence electrons. The Kier molecular flexibility index (Phi) is 10.7. The van der Waals surface area contributed by atoms with Crippen LogP contribution in [0.25, 0.3) is 5.52 Å². The number of carbonyl (C=O) groups is 1. The number of benzene rings is 1. The molecule has 0 atom stereocenters. The lowest BCUT2D eigenvalue weighted by atomic mass is 10.0. The van der Waals surface area contributed by atoms with Crippen molar-refractivity contribution in [2.75, 3.05) is 26.2 Å². The van der Waals surface area contributed by atoms with Crippen LogP contribution in [-0.4, -0.2) is 41.3 Å². The quantitative estimate of drug-likeness (QED) is 0.167. The predicted octanol–water partition coefficient (Wildman–Crippen LogP) is 7.18. The third-order valence-electron chi connectivity index (χ3n) is 6.43. The maximum atomic E-state index is 13.5. The second-order valence-electron chi connectivity index (χ2n) is 9.22. The first kappa shape index (κ1) is 26.0. The Labute approximate surface area is 205 Å². The molecule has 0 saturated carbocycles. The smallest absolute Gasteiger partial charge is 0.210 e. The lowest BCUT2D eigenvalue weighted by Gasteiger charge is -2.21. The van der Waals surface area contributed by atoms with Crippen molar-refractivity contribution < 1.29 is 9.53 Å². The van der Waals surface area contributed by atoms with Gasteiger partial charge in [0, 0.05) is 23.8 Å². The van der Waals surface area contributed by atoms with Crippen molar-refractivity contribution in [1.29, 1.82) is 0 Å². The normalized spacial score (nSPS) is 11.4. The zero-order valence-electron chi connectivity index (χ0n) is 21.4. The molecule has 2 aromatic heterocycles. The van der Waals surface area contributed by atoms with E-state index in [1.165, 1.54) is 38.8 Å². The van der Waals surface area contributed by atoms with Gasteiger partial charge < -0.3 is 14.0 Å². The first-order valence-electron chi connectivity index (χ1n) is 13.3. The zero-order valence-corrected chi connectivity index (χ0v) is 21.4. The van der Waals surface area contributed by atoms with Crippen LogP contribution in [0.2, 0.25) is 0 Å². The van der Waals surface area contributed by atoms with E-state index in [0.717, 1.165) is 54.8 Å². The third kappa shape index (κ3) is 7.20. The van der Waals surface area contributed by atoms with Gasteiger partial charge in [0.2, 0.25) is 5.78 Å². The van der Waals surface area contributed by atoms with Gasteiger partial charge in [-0.1, -0.05) is 46.1 Å². The molecule has 0 N–H and O–H groups in total. The molecular weight excluding hydrogens is 420 g/mol. The molecule has 0 fully saturated rings. The van der Waals surface area contributed by atoms with E-state index < -0.39 is 0 Å². The maximum Gasteiger partial charge on any atom is 0.210 e. The van der Waals surface area contributed by atoms with Gasteiger partial charge in [-0.25, -0.2) is 0 Å². The number of nitrogens with zero attached hydrogens (tertiary/aromatic N) is 2. The summed E-state index contributed by atoms with van der Waals surface area (Å²) in [6.45, 7) is 10.8. The van der Waals surface area contributed by atoms with E-state index in [1.807, 2.05) is 47.0 Å². The van der Waals surface area contributed by atoms with Crippen LogP contribution in [0.3, 0.4) is 0 Å². The van der Waals surface area contributed by atoms with Crippen LogP contribution in [0, 0.1) is 0 Å². The predicted molar refractivity (Wildman–Crippen MR) is 142 cm³/mol. The second kappa shape index (κ2) is 14.0. The topological polar surface area (TPSA) is 34.0 Å². The number of rotatable bonds is 16. The molecule has 4 heteroatoms. The van der Waals surface area contributed by atoms with Gasteiger partial charge in [-0.05, 0) is 93.2 Å². The summed E-state index contributed by atoms with van der Waals surface area (Å²) in [5, 5.41) is 0. The highest BCUT2D eigenvalue weighted by Crippen LogP contribution is 2.23. The average molecular weight is 463 g/mol. The van der Waals surface area contributed by atoms with Crippen molar-refractivity contribution in [3.63, 3.8) is 0 Å². The van der Waals surface area contributed by atoms with Crippen molar-refractivity contribution in [3.8, 4) is 5.75 Å². The highest BCUT2D eigenvalue weighted by atomic mass is 16.5. The molecule has 3 rings (SSSR count). The maximum absolute atomic E-state index is 13.5. The molecule has 34 heavy (non-hydrogen) atoms. The van der Waals surface area contributed by atoms with Crippen molar-refractivity contribution in [3.05, 3.63) is 71.5 Å². The summed E-state index contributed by atoms with van der Waals surface area (Å²) in [4.78, 5) is 16.0. The fourth-order valence-corrected chi connectivity index (χ4v) is 4.41. The number of hydrogen-bond donors (Lipinski definition) is 0. The average Bonchev–Trinajstić information content (AvgIpc) is 3.24. The molecule has 0 spiro atoms. The van der Waals surface area contributed by atoms with Crippen LogP contribution < -0.4 is 4.74 Å². The molecule has 0 aliphatic heterocycles. The monoisotopic (exact) mass is 462 g/mol. The summed E-state index contributed by atoms with van der Waals surface area (Å²) in [6, 6.07) is 15.9. The molecule has 0 aliphatic carbocycles. The van der Waals surface area contributed by atoms with Crippen molar-refractivity contribution in [1.82, 2.24) is 9.30 Å². The van der Waals surface area contributed by atoms with Crippen LogP contribution in [0.5, 0.6) is 5.75 Å². The van der Waals surface area contributed by atoms with E-state index in [4.69, 9.17) is 4.74 Å². The van der Waals surface area contributed by atoms with E-state index in [9.17, 15) is 4.79 Å². The molecule has 4 nitrogen and oxygen atoms in total. The van der Waals surface area contributed by atoms with E-state index in [0.29, 0.717) is 12.2 Å². The van der Waals surface area contributed by atoms with Gasteiger partial charge in [0.25, 0.3) is 0 Å². The minimum atomic E-state index is 0.0753. The largest absolute Gasteiger partial charge is 0.494 e. The minimum absolute atomic E-state index is 0.0753. The first-order chi connectivity index (χ1) is 16.7. The molecule has 2 heterocycles. The number of ketones is 1. The number of hydrogen-bond acceptors (Lipinski definition) is 3. The summed E-state index contributed by atoms with van der Waals surface area (Å²) in [5.41, 5.74) is 3.70. The fraction of sp³-hybridized carbons (Fsp3) is 0.500. The zero-order chi connectivity index (χ0) is 24.2. The van der Waals surface area contributed by atoms with Gasteiger partial charge in [0.15, 0.2) is 0 Å². The molecule has 0 saturated heterocycles. The molecule has 0 unspecified atom stereocenters. The Balaban J connectivity index is 1.60. The second-order valence-corrected chi connectivity index (χ2v) is 9.22. The van der Waals surface area contributed by atoms with Crippen molar-refractivity contribution in [2.45, 2.75) is 72.1 Å². The van der Waals surface area contributed by atoms with E-state index in [2.05, 4.69) is 37.8 Å².